The third-order valence-corrected chi connectivity index (χ3v) is 4.61. The first-order valence-electron chi connectivity index (χ1n) is 7.88. The van der Waals surface area contributed by atoms with Gasteiger partial charge in [0.05, 0.1) is 18.5 Å². The lowest BCUT2D eigenvalue weighted by atomic mass is 10.1. The summed E-state index contributed by atoms with van der Waals surface area (Å²) in [6.07, 6.45) is 0.184. The van der Waals surface area contributed by atoms with Gasteiger partial charge in [-0.1, -0.05) is 35.9 Å². The number of nitrogens with one attached hydrogen (secondary N) is 1. The van der Waals surface area contributed by atoms with E-state index < -0.39 is 0 Å². The highest BCUT2D eigenvalue weighted by Crippen LogP contribution is 2.20. The molecule has 3 nitrogen and oxygen atoms in total. The van der Waals surface area contributed by atoms with E-state index in [4.69, 9.17) is 16.3 Å². The molecule has 0 saturated heterocycles. The van der Waals surface area contributed by atoms with Gasteiger partial charge in [-0.2, -0.15) is 0 Å². The molecule has 128 valence electrons. The molecule has 1 N–H and O–H groups in total. The van der Waals surface area contributed by atoms with Crippen molar-refractivity contribution in [3.05, 3.63) is 64.7 Å². The summed E-state index contributed by atoms with van der Waals surface area (Å²) in [4.78, 5) is 13.1. The van der Waals surface area contributed by atoms with Gasteiger partial charge in [-0.25, -0.2) is 0 Å². The normalized spacial score (nSPS) is 10.8. The number of rotatable bonds is 8. The third-order valence-electron chi connectivity index (χ3n) is 3.35. The van der Waals surface area contributed by atoms with Crippen molar-refractivity contribution < 1.29 is 9.53 Å². The maximum Gasteiger partial charge on any atom is 0.230 e. The van der Waals surface area contributed by atoms with Gasteiger partial charge in [0.1, 0.15) is 0 Å². The van der Waals surface area contributed by atoms with E-state index in [2.05, 4.69) is 5.32 Å². The first-order valence-corrected chi connectivity index (χ1v) is 9.24. The van der Waals surface area contributed by atoms with Gasteiger partial charge in [-0.15, -0.1) is 11.8 Å². The zero-order chi connectivity index (χ0) is 17.4. The number of ether oxygens (including phenoxy) is 1. The molecule has 1 amide bonds. The van der Waals surface area contributed by atoms with Crippen LogP contribution in [0.4, 0.5) is 0 Å². The highest BCUT2D eigenvalue weighted by Gasteiger charge is 2.07. The Balaban J connectivity index is 1.82. The van der Waals surface area contributed by atoms with Gasteiger partial charge in [0.2, 0.25) is 5.91 Å². The van der Waals surface area contributed by atoms with Crippen LogP contribution in [0.5, 0.6) is 0 Å². The monoisotopic (exact) mass is 363 g/mol. The Morgan fingerprint density at radius 1 is 1.12 bits per heavy atom. The second-order valence-corrected chi connectivity index (χ2v) is 7.13. The predicted molar refractivity (Wildman–Crippen MR) is 100 cm³/mol. The number of thioether (sulfide) groups is 1. The minimum Gasteiger partial charge on any atom is -0.374 e. The average Bonchev–Trinajstić information content (AvgIpc) is 2.58. The Morgan fingerprint density at radius 2 is 1.79 bits per heavy atom. The van der Waals surface area contributed by atoms with Gasteiger partial charge in [-0.3, -0.25) is 4.79 Å². The lowest BCUT2D eigenvalue weighted by Gasteiger charge is -2.13. The molecule has 0 aliphatic carbocycles. The highest BCUT2D eigenvalue weighted by atomic mass is 35.5. The van der Waals surface area contributed by atoms with E-state index in [-0.39, 0.29) is 12.0 Å². The van der Waals surface area contributed by atoms with Gasteiger partial charge >= 0.3 is 0 Å². The third kappa shape index (κ3) is 6.56. The Bertz CT molecular complexity index is 659. The number of carbonyl (C=O) groups is 1. The summed E-state index contributed by atoms with van der Waals surface area (Å²) in [5, 5.41) is 3.67. The van der Waals surface area contributed by atoms with Gasteiger partial charge < -0.3 is 10.1 Å². The molecule has 0 radical (unpaired) electrons. The average molecular weight is 364 g/mol. The SMILES string of the molecule is CC(C)OCc1ccccc1CNC(=O)CSc1ccc(Cl)cc1. The molecule has 0 unspecified atom stereocenters. The number of hydrogen-bond acceptors (Lipinski definition) is 3. The van der Waals surface area contributed by atoms with Crippen molar-refractivity contribution in [3.63, 3.8) is 0 Å². The molecule has 0 fully saturated rings. The maximum absolute atomic E-state index is 12.0. The fourth-order valence-corrected chi connectivity index (χ4v) is 2.91. The topological polar surface area (TPSA) is 38.3 Å². The van der Waals surface area contributed by atoms with Crippen molar-refractivity contribution in [2.45, 2.75) is 38.0 Å². The lowest BCUT2D eigenvalue weighted by molar-refractivity contribution is -0.118. The van der Waals surface area contributed by atoms with Crippen molar-refractivity contribution >= 4 is 29.3 Å². The summed E-state index contributed by atoms with van der Waals surface area (Å²) in [6, 6.07) is 15.5. The van der Waals surface area contributed by atoms with Crippen LogP contribution in [-0.2, 0) is 22.7 Å². The molecule has 2 rings (SSSR count). The van der Waals surface area contributed by atoms with E-state index >= 15 is 0 Å². The fraction of sp³-hybridized carbons (Fsp3) is 0.316. The quantitative estimate of drug-likeness (QED) is 0.692. The van der Waals surface area contributed by atoms with Crippen LogP contribution in [-0.4, -0.2) is 17.8 Å². The molecule has 0 spiro atoms. The van der Waals surface area contributed by atoms with E-state index in [0.717, 1.165) is 16.0 Å². The van der Waals surface area contributed by atoms with E-state index in [0.29, 0.717) is 23.9 Å². The summed E-state index contributed by atoms with van der Waals surface area (Å²) >= 11 is 7.35. The first-order chi connectivity index (χ1) is 11.5. The van der Waals surface area contributed by atoms with Gasteiger partial charge in [-0.05, 0) is 49.2 Å². The first kappa shape index (κ1) is 18.8. The number of halogens is 1. The number of carbonyl (C=O) groups excluding carboxylic acids is 1. The van der Waals surface area contributed by atoms with Crippen molar-refractivity contribution in [2.24, 2.45) is 0 Å². The largest absolute Gasteiger partial charge is 0.374 e. The van der Waals surface area contributed by atoms with Crippen LogP contribution < -0.4 is 5.32 Å². The Kier molecular flexibility index (Phi) is 7.63. The number of hydrogen-bond donors (Lipinski definition) is 1. The van der Waals surface area contributed by atoms with Crippen LogP contribution in [0.25, 0.3) is 0 Å². The molecular formula is C19H22ClNO2S. The molecule has 0 bridgehead atoms. The highest BCUT2D eigenvalue weighted by molar-refractivity contribution is 8.00. The maximum atomic E-state index is 12.0. The molecule has 0 aromatic heterocycles. The second kappa shape index (κ2) is 9.72. The van der Waals surface area contributed by atoms with Crippen LogP contribution in [0.1, 0.15) is 25.0 Å². The summed E-state index contributed by atoms with van der Waals surface area (Å²) in [5.41, 5.74) is 2.19. The van der Waals surface area contributed by atoms with Crippen molar-refractivity contribution in [2.75, 3.05) is 5.75 Å². The van der Waals surface area contributed by atoms with Crippen LogP contribution in [0.15, 0.2) is 53.4 Å². The molecule has 2 aromatic carbocycles. The molecule has 0 saturated carbocycles. The Hall–Kier alpha value is -1.49. The Labute approximate surface area is 152 Å². The van der Waals surface area contributed by atoms with Gasteiger partial charge in [0.25, 0.3) is 0 Å². The predicted octanol–water partition coefficient (Wildman–Crippen LogP) is 4.67. The molecule has 24 heavy (non-hydrogen) atoms. The van der Waals surface area contributed by atoms with E-state index in [1.165, 1.54) is 11.8 Å². The Morgan fingerprint density at radius 3 is 2.46 bits per heavy atom. The molecule has 0 aliphatic rings. The lowest BCUT2D eigenvalue weighted by Crippen LogP contribution is -2.25. The second-order valence-electron chi connectivity index (χ2n) is 5.65. The van der Waals surface area contributed by atoms with Gasteiger partial charge in [0, 0.05) is 16.5 Å². The van der Waals surface area contributed by atoms with E-state index in [1.807, 2.05) is 62.4 Å². The molecule has 2 aromatic rings. The smallest absolute Gasteiger partial charge is 0.230 e. The standard InChI is InChI=1S/C19H22ClNO2S/c1-14(2)23-12-16-6-4-3-5-15(16)11-21-19(22)13-24-18-9-7-17(20)8-10-18/h3-10,14H,11-13H2,1-2H3,(H,21,22). The summed E-state index contributed by atoms with van der Waals surface area (Å²) in [7, 11) is 0. The van der Waals surface area contributed by atoms with Crippen molar-refractivity contribution in [1.29, 1.82) is 0 Å². The summed E-state index contributed by atoms with van der Waals surface area (Å²) in [5.74, 6) is 0.390. The summed E-state index contributed by atoms with van der Waals surface area (Å²) < 4.78 is 5.66. The summed E-state index contributed by atoms with van der Waals surface area (Å²) in [6.45, 7) is 5.09. The minimum absolute atomic E-state index is 0.00883. The van der Waals surface area contributed by atoms with Crippen LogP contribution in [0.2, 0.25) is 5.02 Å². The van der Waals surface area contributed by atoms with E-state index in [1.54, 1.807) is 0 Å². The molecule has 0 atom stereocenters. The zero-order valence-electron chi connectivity index (χ0n) is 13.9. The number of amides is 1. The minimum atomic E-state index is 0.00883. The zero-order valence-corrected chi connectivity index (χ0v) is 15.5. The van der Waals surface area contributed by atoms with Gasteiger partial charge in [0.15, 0.2) is 0 Å². The van der Waals surface area contributed by atoms with Crippen LogP contribution in [0, 0.1) is 0 Å². The van der Waals surface area contributed by atoms with Crippen molar-refractivity contribution in [3.8, 4) is 0 Å². The van der Waals surface area contributed by atoms with Crippen molar-refractivity contribution in [1.82, 2.24) is 5.32 Å². The number of benzene rings is 2. The molecule has 0 heterocycles. The molecule has 0 aliphatic heterocycles. The van der Waals surface area contributed by atoms with E-state index in [9.17, 15) is 4.79 Å². The van der Waals surface area contributed by atoms with Crippen LogP contribution >= 0.6 is 23.4 Å². The fourth-order valence-electron chi connectivity index (χ4n) is 2.05. The molecule has 5 heteroatoms. The van der Waals surface area contributed by atoms with Crippen LogP contribution in [0.3, 0.4) is 0 Å². The molecular weight excluding hydrogens is 342 g/mol.